The predicted molar refractivity (Wildman–Crippen MR) is 114 cm³/mol. The van der Waals surface area contributed by atoms with E-state index in [2.05, 4.69) is 10.6 Å². The highest BCUT2D eigenvalue weighted by atomic mass is 19.1. The lowest BCUT2D eigenvalue weighted by Crippen LogP contribution is -2.52. The van der Waals surface area contributed by atoms with Crippen molar-refractivity contribution in [2.24, 2.45) is 5.73 Å². The number of rotatable bonds is 9. The van der Waals surface area contributed by atoms with E-state index in [1.54, 1.807) is 38.1 Å². The van der Waals surface area contributed by atoms with Gasteiger partial charge in [-0.3, -0.25) is 19.8 Å². The van der Waals surface area contributed by atoms with Gasteiger partial charge in [-0.1, -0.05) is 18.2 Å². The molecular weight excluding hydrogens is 405 g/mol. The van der Waals surface area contributed by atoms with Crippen molar-refractivity contribution in [1.82, 2.24) is 10.2 Å². The standard InChI is InChI=1S/C21H28FN5O4/c1-12(2)14(22)10-26-21(30)19-16(31-3)8-9-27(19)17(28)11-25-15-7-5-4-6-13(15)18(23)20(24)29/h4-7,16,19,23,25H,8-11H2,1-3H3,(H2,24,29)(H,26,30)/t16-,19+/m1/s1. The summed E-state index contributed by atoms with van der Waals surface area (Å²) in [5.74, 6) is -2.19. The fourth-order valence-electron chi connectivity index (χ4n) is 3.31. The van der Waals surface area contributed by atoms with Gasteiger partial charge in [-0.25, -0.2) is 4.39 Å². The van der Waals surface area contributed by atoms with E-state index in [0.29, 0.717) is 24.2 Å². The summed E-state index contributed by atoms with van der Waals surface area (Å²) in [5.41, 5.74) is 5.94. The highest BCUT2D eigenvalue weighted by Gasteiger charge is 2.41. The number of amides is 3. The van der Waals surface area contributed by atoms with Crippen molar-refractivity contribution in [3.63, 3.8) is 0 Å². The van der Waals surface area contributed by atoms with E-state index < -0.39 is 29.8 Å². The smallest absolute Gasteiger partial charge is 0.267 e. The first-order valence-electron chi connectivity index (χ1n) is 9.80. The monoisotopic (exact) mass is 433 g/mol. The molecule has 0 aliphatic carbocycles. The summed E-state index contributed by atoms with van der Waals surface area (Å²) in [4.78, 5) is 38.3. The second-order valence-electron chi connectivity index (χ2n) is 7.36. The van der Waals surface area contributed by atoms with Gasteiger partial charge in [-0.05, 0) is 31.9 Å². The fraction of sp³-hybridized carbons (Fsp3) is 0.429. The van der Waals surface area contributed by atoms with Gasteiger partial charge < -0.3 is 26.0 Å². The zero-order chi connectivity index (χ0) is 23.1. The van der Waals surface area contributed by atoms with Gasteiger partial charge in [0.05, 0.1) is 19.2 Å². The number of halogens is 1. The summed E-state index contributed by atoms with van der Waals surface area (Å²) in [5, 5.41) is 13.2. The van der Waals surface area contributed by atoms with Crippen LogP contribution in [0.25, 0.3) is 0 Å². The van der Waals surface area contributed by atoms with Crippen LogP contribution in [0.15, 0.2) is 35.7 Å². The van der Waals surface area contributed by atoms with Crippen LogP contribution in [0.1, 0.15) is 25.8 Å². The molecule has 1 saturated heterocycles. The average molecular weight is 433 g/mol. The second kappa shape index (κ2) is 10.7. The SMILES string of the molecule is CO[C@@H]1CCN(C(=O)CNc2ccccc2C(=N)C(N)=O)[C@@H]1C(=O)NCC(F)=C(C)C. The lowest BCUT2D eigenvalue weighted by molar-refractivity contribution is -0.139. The zero-order valence-corrected chi connectivity index (χ0v) is 17.8. The van der Waals surface area contributed by atoms with Crippen LogP contribution in [-0.2, 0) is 19.1 Å². The summed E-state index contributed by atoms with van der Waals surface area (Å²) in [6, 6.07) is 5.62. The van der Waals surface area contributed by atoms with Gasteiger partial charge in [0.2, 0.25) is 11.8 Å². The molecule has 0 spiro atoms. The number of likely N-dealkylation sites (tertiary alicyclic amines) is 1. The molecule has 0 aromatic heterocycles. The van der Waals surface area contributed by atoms with E-state index in [1.807, 2.05) is 0 Å². The molecule has 0 unspecified atom stereocenters. The molecule has 168 valence electrons. The van der Waals surface area contributed by atoms with Gasteiger partial charge in [0.15, 0.2) is 0 Å². The van der Waals surface area contributed by atoms with Gasteiger partial charge in [0.1, 0.15) is 17.6 Å². The Morgan fingerprint density at radius 3 is 2.55 bits per heavy atom. The molecule has 1 aromatic rings. The highest BCUT2D eigenvalue weighted by Crippen LogP contribution is 2.22. The molecule has 5 N–H and O–H groups in total. The Morgan fingerprint density at radius 2 is 1.94 bits per heavy atom. The summed E-state index contributed by atoms with van der Waals surface area (Å²) >= 11 is 0. The van der Waals surface area contributed by atoms with Crippen molar-refractivity contribution in [2.75, 3.05) is 32.1 Å². The number of carbonyl (C=O) groups is 3. The molecule has 31 heavy (non-hydrogen) atoms. The maximum absolute atomic E-state index is 13.8. The third-order valence-electron chi connectivity index (χ3n) is 5.07. The van der Waals surface area contributed by atoms with Crippen LogP contribution >= 0.6 is 0 Å². The molecule has 0 saturated carbocycles. The van der Waals surface area contributed by atoms with Crippen LogP contribution in [0.3, 0.4) is 0 Å². The van der Waals surface area contributed by atoms with Crippen molar-refractivity contribution in [3.05, 3.63) is 41.2 Å². The van der Waals surface area contributed by atoms with Crippen LogP contribution in [0, 0.1) is 5.41 Å². The summed E-state index contributed by atoms with van der Waals surface area (Å²) < 4.78 is 19.1. The first kappa shape index (κ1) is 24.0. The quantitative estimate of drug-likeness (QED) is 0.430. The number of allylic oxidation sites excluding steroid dienone is 1. The third kappa shape index (κ3) is 5.88. The largest absolute Gasteiger partial charge is 0.379 e. The van der Waals surface area contributed by atoms with Crippen LogP contribution in [-0.4, -0.2) is 67.2 Å². The molecule has 10 heteroatoms. The number of anilines is 1. The van der Waals surface area contributed by atoms with E-state index >= 15 is 0 Å². The van der Waals surface area contributed by atoms with Crippen LogP contribution in [0.5, 0.6) is 0 Å². The van der Waals surface area contributed by atoms with Crippen LogP contribution in [0.2, 0.25) is 0 Å². The van der Waals surface area contributed by atoms with Crippen molar-refractivity contribution in [1.29, 1.82) is 5.41 Å². The average Bonchev–Trinajstić information content (AvgIpc) is 3.19. The van der Waals surface area contributed by atoms with Gasteiger partial charge in [-0.15, -0.1) is 0 Å². The van der Waals surface area contributed by atoms with E-state index in [-0.39, 0.29) is 30.3 Å². The zero-order valence-electron chi connectivity index (χ0n) is 17.8. The Kier molecular flexibility index (Phi) is 8.26. The minimum absolute atomic E-state index is 0.175. The predicted octanol–water partition coefficient (Wildman–Crippen LogP) is 0.947. The molecule has 9 nitrogen and oxygen atoms in total. The van der Waals surface area contributed by atoms with Crippen LogP contribution in [0.4, 0.5) is 10.1 Å². The number of primary amides is 1. The van der Waals surface area contributed by atoms with E-state index in [9.17, 15) is 18.8 Å². The normalized spacial score (nSPS) is 17.7. The number of hydrogen-bond donors (Lipinski definition) is 4. The Hall–Kier alpha value is -3.27. The Balaban J connectivity index is 2.10. The molecule has 1 aliphatic rings. The summed E-state index contributed by atoms with van der Waals surface area (Å²) in [7, 11) is 1.46. The molecule has 1 heterocycles. The maximum atomic E-state index is 13.8. The highest BCUT2D eigenvalue weighted by molar-refractivity contribution is 6.44. The van der Waals surface area contributed by atoms with Gasteiger partial charge in [-0.2, -0.15) is 0 Å². The molecule has 1 aliphatic heterocycles. The molecule has 1 fully saturated rings. The lowest BCUT2D eigenvalue weighted by Gasteiger charge is -2.27. The molecule has 0 radical (unpaired) electrons. The van der Waals surface area contributed by atoms with Gasteiger partial charge in [0, 0.05) is 24.9 Å². The van der Waals surface area contributed by atoms with Crippen molar-refractivity contribution < 1.29 is 23.5 Å². The summed E-state index contributed by atoms with van der Waals surface area (Å²) in [6.45, 7) is 3.09. The van der Waals surface area contributed by atoms with E-state index in [0.717, 1.165) is 0 Å². The molecule has 1 aromatic carbocycles. The Labute approximate surface area is 180 Å². The number of nitrogens with two attached hydrogens (primary N) is 1. The number of carbonyl (C=O) groups excluding carboxylic acids is 3. The van der Waals surface area contributed by atoms with Gasteiger partial charge in [0.25, 0.3) is 5.91 Å². The minimum atomic E-state index is -0.886. The molecule has 2 atom stereocenters. The number of methoxy groups -OCH3 is 1. The number of ether oxygens (including phenoxy) is 1. The van der Waals surface area contributed by atoms with Gasteiger partial charge >= 0.3 is 0 Å². The minimum Gasteiger partial charge on any atom is -0.379 e. The third-order valence-corrected chi connectivity index (χ3v) is 5.07. The Bertz CT molecular complexity index is 898. The maximum Gasteiger partial charge on any atom is 0.267 e. The molecule has 3 amide bonds. The van der Waals surface area contributed by atoms with E-state index in [4.69, 9.17) is 15.9 Å². The molecular formula is C21H28FN5O4. The lowest BCUT2D eigenvalue weighted by atomic mass is 10.1. The number of para-hydroxylation sites is 1. The van der Waals surface area contributed by atoms with Crippen molar-refractivity contribution in [3.8, 4) is 0 Å². The first-order valence-corrected chi connectivity index (χ1v) is 9.80. The number of nitrogens with one attached hydrogen (secondary N) is 3. The van der Waals surface area contributed by atoms with Crippen LogP contribution < -0.4 is 16.4 Å². The number of benzene rings is 1. The molecule has 0 bridgehead atoms. The molecule has 2 rings (SSSR count). The van der Waals surface area contributed by atoms with E-state index in [1.165, 1.54) is 12.0 Å². The fourth-order valence-corrected chi connectivity index (χ4v) is 3.31. The first-order chi connectivity index (χ1) is 14.7. The summed E-state index contributed by atoms with van der Waals surface area (Å²) in [6.07, 6.45) is -0.0389. The number of nitrogens with zero attached hydrogens (tertiary/aromatic N) is 1. The van der Waals surface area contributed by atoms with Crippen molar-refractivity contribution >= 4 is 29.1 Å². The Morgan fingerprint density at radius 1 is 1.26 bits per heavy atom. The second-order valence-corrected chi connectivity index (χ2v) is 7.36. The van der Waals surface area contributed by atoms with Crippen molar-refractivity contribution in [2.45, 2.75) is 32.4 Å². The topological polar surface area (TPSA) is 138 Å². The number of hydrogen-bond acceptors (Lipinski definition) is 6.